The minimum absolute atomic E-state index is 0.173. The minimum atomic E-state index is -0.526. The molecule has 0 saturated heterocycles. The summed E-state index contributed by atoms with van der Waals surface area (Å²) < 4.78 is 13.4. The molecule has 0 aromatic heterocycles. The molecule has 0 amide bonds. The van der Waals surface area contributed by atoms with Gasteiger partial charge in [-0.15, -0.1) is 0 Å². The van der Waals surface area contributed by atoms with Crippen LogP contribution in [0.5, 0.6) is 0 Å². The molecular weight excluding hydrogens is 241 g/mol. The summed E-state index contributed by atoms with van der Waals surface area (Å²) >= 11 is 0. The molecule has 0 spiro atoms. The smallest absolute Gasteiger partial charge is 0.126 e. The van der Waals surface area contributed by atoms with Crippen molar-refractivity contribution in [1.29, 1.82) is 0 Å². The van der Waals surface area contributed by atoms with Crippen LogP contribution >= 0.6 is 0 Å². The topological polar surface area (TPSA) is 32.3 Å². The van der Waals surface area contributed by atoms with Gasteiger partial charge in [0, 0.05) is 6.54 Å². The van der Waals surface area contributed by atoms with Gasteiger partial charge in [0.05, 0.1) is 6.10 Å². The molecular formula is C16H18FNO. The average Bonchev–Trinajstić information content (AvgIpc) is 2.46. The number of benzene rings is 2. The Morgan fingerprint density at radius 2 is 1.68 bits per heavy atom. The number of aliphatic hydroxyl groups excluding tert-OH is 1. The molecule has 0 aliphatic rings. The molecule has 0 aliphatic heterocycles. The second kappa shape index (κ2) is 7.02. The van der Waals surface area contributed by atoms with Gasteiger partial charge in [-0.2, -0.15) is 0 Å². The van der Waals surface area contributed by atoms with Gasteiger partial charge in [0.15, 0.2) is 0 Å². The first-order chi connectivity index (χ1) is 9.27. The molecule has 0 radical (unpaired) electrons. The van der Waals surface area contributed by atoms with E-state index in [4.69, 9.17) is 0 Å². The highest BCUT2D eigenvalue weighted by atomic mass is 19.1. The molecule has 0 saturated carbocycles. The highest BCUT2D eigenvalue weighted by Crippen LogP contribution is 2.10. The molecule has 0 aliphatic carbocycles. The molecule has 100 valence electrons. The Morgan fingerprint density at radius 3 is 2.42 bits per heavy atom. The van der Waals surface area contributed by atoms with Crippen LogP contribution < -0.4 is 5.32 Å². The molecule has 0 bridgehead atoms. The van der Waals surface area contributed by atoms with Crippen molar-refractivity contribution in [2.75, 3.05) is 13.1 Å². The fourth-order valence-electron chi connectivity index (χ4n) is 1.96. The summed E-state index contributed by atoms with van der Waals surface area (Å²) in [6.07, 6.45) is 0.0931. The van der Waals surface area contributed by atoms with Gasteiger partial charge in [0.1, 0.15) is 5.82 Å². The maximum absolute atomic E-state index is 13.4. The highest BCUT2D eigenvalue weighted by molar-refractivity contribution is 5.18. The Kier molecular flexibility index (Phi) is 5.07. The monoisotopic (exact) mass is 259 g/mol. The lowest BCUT2D eigenvalue weighted by Crippen LogP contribution is -2.24. The molecule has 2 nitrogen and oxygen atoms in total. The van der Waals surface area contributed by atoms with Crippen LogP contribution in [0.3, 0.4) is 0 Å². The van der Waals surface area contributed by atoms with Crippen molar-refractivity contribution in [2.24, 2.45) is 0 Å². The van der Waals surface area contributed by atoms with Gasteiger partial charge >= 0.3 is 0 Å². The van der Waals surface area contributed by atoms with E-state index in [1.807, 2.05) is 36.4 Å². The molecule has 1 atom stereocenters. The van der Waals surface area contributed by atoms with E-state index < -0.39 is 6.10 Å². The summed E-state index contributed by atoms with van der Waals surface area (Å²) in [6, 6.07) is 16.3. The Balaban J connectivity index is 1.74. The van der Waals surface area contributed by atoms with Gasteiger partial charge in [0.25, 0.3) is 0 Å². The zero-order chi connectivity index (χ0) is 13.5. The summed E-state index contributed by atoms with van der Waals surface area (Å²) in [5.74, 6) is -0.173. The summed E-state index contributed by atoms with van der Waals surface area (Å²) in [4.78, 5) is 0. The summed E-state index contributed by atoms with van der Waals surface area (Å²) in [7, 11) is 0. The number of hydrogen-bond acceptors (Lipinski definition) is 2. The lowest BCUT2D eigenvalue weighted by atomic mass is 10.1. The minimum Gasteiger partial charge on any atom is -0.387 e. The Morgan fingerprint density at radius 1 is 1.00 bits per heavy atom. The molecule has 0 heterocycles. The maximum atomic E-state index is 13.4. The van der Waals surface area contributed by atoms with Gasteiger partial charge < -0.3 is 10.4 Å². The van der Waals surface area contributed by atoms with Crippen molar-refractivity contribution in [3.05, 3.63) is 71.5 Å². The van der Waals surface area contributed by atoms with Crippen LogP contribution in [0.1, 0.15) is 17.2 Å². The van der Waals surface area contributed by atoms with Gasteiger partial charge in [-0.05, 0) is 30.2 Å². The van der Waals surface area contributed by atoms with Gasteiger partial charge in [0.2, 0.25) is 0 Å². The third-order valence-corrected chi connectivity index (χ3v) is 3.05. The van der Waals surface area contributed by atoms with Crippen molar-refractivity contribution < 1.29 is 9.50 Å². The second-order valence-electron chi connectivity index (χ2n) is 4.47. The van der Waals surface area contributed by atoms with E-state index in [1.54, 1.807) is 12.1 Å². The molecule has 2 aromatic rings. The van der Waals surface area contributed by atoms with E-state index in [9.17, 15) is 9.50 Å². The zero-order valence-corrected chi connectivity index (χ0v) is 10.7. The first kappa shape index (κ1) is 13.7. The fraction of sp³-hybridized carbons (Fsp3) is 0.250. The van der Waals surface area contributed by atoms with E-state index in [0.717, 1.165) is 5.56 Å². The van der Waals surface area contributed by atoms with Crippen molar-refractivity contribution in [2.45, 2.75) is 12.5 Å². The summed E-state index contributed by atoms with van der Waals surface area (Å²) in [6.45, 7) is 1.11. The number of aliphatic hydroxyl groups is 1. The lowest BCUT2D eigenvalue weighted by Gasteiger charge is -2.12. The molecule has 2 aromatic carbocycles. The Hall–Kier alpha value is -1.71. The van der Waals surface area contributed by atoms with Crippen molar-refractivity contribution in [3.63, 3.8) is 0 Å². The van der Waals surface area contributed by atoms with Crippen LogP contribution in [0.2, 0.25) is 0 Å². The Labute approximate surface area is 112 Å². The summed E-state index contributed by atoms with van der Waals surface area (Å²) in [5, 5.41) is 13.1. The van der Waals surface area contributed by atoms with Crippen LogP contribution in [-0.2, 0) is 6.42 Å². The van der Waals surface area contributed by atoms with E-state index in [1.165, 1.54) is 6.07 Å². The predicted molar refractivity (Wildman–Crippen MR) is 74.4 cm³/mol. The van der Waals surface area contributed by atoms with Crippen LogP contribution in [0, 0.1) is 5.82 Å². The first-order valence-electron chi connectivity index (χ1n) is 6.44. The van der Waals surface area contributed by atoms with Gasteiger partial charge in [-0.1, -0.05) is 48.5 Å². The third-order valence-electron chi connectivity index (χ3n) is 3.05. The molecule has 19 heavy (non-hydrogen) atoms. The molecule has 3 heteroatoms. The number of halogens is 1. The largest absolute Gasteiger partial charge is 0.387 e. The van der Waals surface area contributed by atoms with Crippen molar-refractivity contribution in [1.82, 2.24) is 5.32 Å². The fourth-order valence-corrected chi connectivity index (χ4v) is 1.96. The molecule has 0 fully saturated rings. The predicted octanol–water partition coefficient (Wildman–Crippen LogP) is 2.69. The van der Waals surface area contributed by atoms with Crippen LogP contribution in [0.4, 0.5) is 4.39 Å². The SMILES string of the molecule is OC(CNCCc1ccccc1F)c1ccccc1. The highest BCUT2D eigenvalue weighted by Gasteiger charge is 2.06. The maximum Gasteiger partial charge on any atom is 0.126 e. The van der Waals surface area contributed by atoms with Crippen LogP contribution in [0.25, 0.3) is 0 Å². The van der Waals surface area contributed by atoms with E-state index in [2.05, 4.69) is 5.32 Å². The van der Waals surface area contributed by atoms with E-state index >= 15 is 0 Å². The Bertz CT molecular complexity index is 501. The zero-order valence-electron chi connectivity index (χ0n) is 10.7. The molecule has 2 N–H and O–H groups in total. The standard InChI is InChI=1S/C16H18FNO/c17-15-9-5-4-6-13(15)10-11-18-12-16(19)14-7-2-1-3-8-14/h1-9,16,18-19H,10-12H2. The summed E-state index contributed by atoms with van der Waals surface area (Å²) in [5.41, 5.74) is 1.59. The number of nitrogens with one attached hydrogen (secondary N) is 1. The number of hydrogen-bond donors (Lipinski definition) is 2. The van der Waals surface area contributed by atoms with Gasteiger partial charge in [-0.3, -0.25) is 0 Å². The quantitative estimate of drug-likeness (QED) is 0.782. The second-order valence-corrected chi connectivity index (χ2v) is 4.47. The molecule has 1 unspecified atom stereocenters. The molecule has 2 rings (SSSR count). The first-order valence-corrected chi connectivity index (χ1v) is 6.44. The van der Waals surface area contributed by atoms with E-state index in [-0.39, 0.29) is 5.82 Å². The van der Waals surface area contributed by atoms with Gasteiger partial charge in [-0.25, -0.2) is 4.39 Å². The van der Waals surface area contributed by atoms with Crippen LogP contribution in [-0.4, -0.2) is 18.2 Å². The average molecular weight is 259 g/mol. The van der Waals surface area contributed by atoms with Crippen molar-refractivity contribution in [3.8, 4) is 0 Å². The van der Waals surface area contributed by atoms with Crippen LogP contribution in [0.15, 0.2) is 54.6 Å². The van der Waals surface area contributed by atoms with E-state index in [0.29, 0.717) is 25.1 Å². The lowest BCUT2D eigenvalue weighted by molar-refractivity contribution is 0.175. The van der Waals surface area contributed by atoms with Crippen molar-refractivity contribution >= 4 is 0 Å². The third kappa shape index (κ3) is 4.16. The number of rotatable bonds is 6. The normalized spacial score (nSPS) is 12.3.